The lowest BCUT2D eigenvalue weighted by molar-refractivity contribution is -0.117. The largest absolute Gasteiger partial charge is 0.323 e. The van der Waals surface area contributed by atoms with Crippen molar-refractivity contribution < 1.29 is 4.79 Å². The molecule has 30 heavy (non-hydrogen) atoms. The quantitative estimate of drug-likeness (QED) is 0.399. The number of nitrogens with zero attached hydrogens (tertiary/aromatic N) is 3. The van der Waals surface area contributed by atoms with Crippen molar-refractivity contribution in [2.75, 3.05) is 11.4 Å². The van der Waals surface area contributed by atoms with E-state index in [4.69, 9.17) is 28.2 Å². The molecule has 3 aromatic carbocycles. The first-order valence-corrected chi connectivity index (χ1v) is 10.6. The summed E-state index contributed by atoms with van der Waals surface area (Å²) in [5.41, 5.74) is 4.02. The number of imidazole rings is 1. The van der Waals surface area contributed by atoms with Crippen molar-refractivity contribution in [1.29, 1.82) is 0 Å². The van der Waals surface area contributed by atoms with Crippen LogP contribution in [0, 0.1) is 0 Å². The number of carbonyl (C=O) groups excluding carboxylic acids is 1. The summed E-state index contributed by atoms with van der Waals surface area (Å²) in [4.78, 5) is 19.6. The first kappa shape index (κ1) is 19.2. The number of amides is 1. The van der Waals surface area contributed by atoms with Crippen LogP contribution in [0.1, 0.15) is 23.7 Å². The summed E-state index contributed by atoms with van der Waals surface area (Å²) < 4.78 is 2.22. The van der Waals surface area contributed by atoms with E-state index in [9.17, 15) is 4.79 Å². The maximum absolute atomic E-state index is 12.8. The van der Waals surface area contributed by atoms with E-state index in [0.717, 1.165) is 33.1 Å². The number of fused-ring (bicyclic) bond motifs is 1. The molecular formula is C24H19Cl2N3O. The van der Waals surface area contributed by atoms with Crippen molar-refractivity contribution in [3.63, 3.8) is 0 Å². The zero-order chi connectivity index (χ0) is 20.7. The number of aromatic nitrogens is 2. The van der Waals surface area contributed by atoms with Gasteiger partial charge in [0.25, 0.3) is 0 Å². The Bertz CT molecular complexity index is 1220. The van der Waals surface area contributed by atoms with Crippen LogP contribution in [0.2, 0.25) is 10.0 Å². The number of benzene rings is 3. The molecule has 1 fully saturated rings. The van der Waals surface area contributed by atoms with Crippen LogP contribution in [0.25, 0.3) is 11.0 Å². The Kier molecular flexibility index (Phi) is 4.97. The van der Waals surface area contributed by atoms with E-state index in [0.29, 0.717) is 24.5 Å². The lowest BCUT2D eigenvalue weighted by Crippen LogP contribution is -2.24. The molecule has 1 unspecified atom stereocenters. The molecule has 0 aliphatic carbocycles. The standard InChI is InChI=1S/C24H19Cl2N3O/c25-18-7-5-16(6-8-18)14-29-22-4-2-1-3-21(22)27-24(29)17-13-23(30)28(15-17)20-11-9-19(26)10-12-20/h1-12,17H,13-15H2. The van der Waals surface area contributed by atoms with Crippen molar-refractivity contribution in [2.45, 2.75) is 18.9 Å². The van der Waals surface area contributed by atoms with Crippen LogP contribution in [-0.2, 0) is 11.3 Å². The fourth-order valence-corrected chi connectivity index (χ4v) is 4.35. The molecule has 5 rings (SSSR count). The van der Waals surface area contributed by atoms with Crippen LogP contribution in [-0.4, -0.2) is 22.0 Å². The molecule has 0 saturated carbocycles. The van der Waals surface area contributed by atoms with Crippen molar-refractivity contribution in [3.8, 4) is 0 Å². The number of hydrogen-bond acceptors (Lipinski definition) is 2. The summed E-state index contributed by atoms with van der Waals surface area (Å²) in [6.45, 7) is 1.28. The van der Waals surface area contributed by atoms with Gasteiger partial charge in [0.1, 0.15) is 5.82 Å². The minimum atomic E-state index is 0.0212. The summed E-state index contributed by atoms with van der Waals surface area (Å²) in [6.07, 6.45) is 0.437. The van der Waals surface area contributed by atoms with Gasteiger partial charge >= 0.3 is 0 Å². The highest BCUT2D eigenvalue weighted by Crippen LogP contribution is 2.34. The van der Waals surface area contributed by atoms with Gasteiger partial charge in [-0.1, -0.05) is 47.5 Å². The Labute approximate surface area is 184 Å². The van der Waals surface area contributed by atoms with Gasteiger partial charge in [-0.15, -0.1) is 0 Å². The van der Waals surface area contributed by atoms with E-state index in [1.165, 1.54) is 0 Å². The summed E-state index contributed by atoms with van der Waals surface area (Å²) in [7, 11) is 0. The summed E-state index contributed by atoms with van der Waals surface area (Å²) >= 11 is 12.1. The predicted molar refractivity (Wildman–Crippen MR) is 121 cm³/mol. The van der Waals surface area contributed by atoms with Gasteiger partial charge in [-0.05, 0) is 54.1 Å². The Balaban J connectivity index is 1.51. The highest BCUT2D eigenvalue weighted by Gasteiger charge is 2.34. The van der Waals surface area contributed by atoms with Crippen LogP contribution in [0.4, 0.5) is 5.69 Å². The fourth-order valence-electron chi connectivity index (χ4n) is 4.10. The second-order valence-electron chi connectivity index (χ2n) is 7.55. The Morgan fingerprint density at radius 1 is 0.900 bits per heavy atom. The molecule has 1 aliphatic rings. The van der Waals surface area contributed by atoms with Crippen LogP contribution >= 0.6 is 23.2 Å². The number of para-hydroxylation sites is 2. The molecular weight excluding hydrogens is 417 g/mol. The minimum Gasteiger partial charge on any atom is -0.323 e. The average molecular weight is 436 g/mol. The second kappa shape index (κ2) is 7.78. The number of halogens is 2. The molecule has 1 aliphatic heterocycles. The van der Waals surface area contributed by atoms with Crippen molar-refractivity contribution in [2.24, 2.45) is 0 Å². The molecule has 4 aromatic rings. The van der Waals surface area contributed by atoms with Crippen molar-refractivity contribution in [3.05, 3.63) is 94.2 Å². The smallest absolute Gasteiger partial charge is 0.227 e. The molecule has 2 heterocycles. The Morgan fingerprint density at radius 3 is 2.30 bits per heavy atom. The summed E-state index contributed by atoms with van der Waals surface area (Å²) in [5, 5.41) is 1.38. The number of carbonyl (C=O) groups is 1. The highest BCUT2D eigenvalue weighted by molar-refractivity contribution is 6.30. The third-order valence-electron chi connectivity index (χ3n) is 5.57. The molecule has 0 N–H and O–H groups in total. The van der Waals surface area contributed by atoms with Crippen LogP contribution in [0.3, 0.4) is 0 Å². The van der Waals surface area contributed by atoms with Gasteiger partial charge in [0.05, 0.1) is 11.0 Å². The second-order valence-corrected chi connectivity index (χ2v) is 8.43. The predicted octanol–water partition coefficient (Wildman–Crippen LogP) is 5.91. The fraction of sp³-hybridized carbons (Fsp3) is 0.167. The minimum absolute atomic E-state index is 0.0212. The summed E-state index contributed by atoms with van der Waals surface area (Å²) in [5.74, 6) is 1.07. The van der Waals surface area contributed by atoms with Gasteiger partial charge in [0.2, 0.25) is 5.91 Å². The molecule has 1 aromatic heterocycles. The zero-order valence-corrected chi connectivity index (χ0v) is 17.6. The topological polar surface area (TPSA) is 38.1 Å². The SMILES string of the molecule is O=C1CC(c2nc3ccccc3n2Cc2ccc(Cl)cc2)CN1c1ccc(Cl)cc1. The van der Waals surface area contributed by atoms with Gasteiger partial charge in [-0.3, -0.25) is 4.79 Å². The number of hydrogen-bond donors (Lipinski definition) is 0. The maximum atomic E-state index is 12.8. The van der Waals surface area contributed by atoms with Crippen molar-refractivity contribution in [1.82, 2.24) is 9.55 Å². The molecule has 1 amide bonds. The molecule has 0 bridgehead atoms. The average Bonchev–Trinajstić information content (AvgIpc) is 3.31. The van der Waals surface area contributed by atoms with Crippen molar-refractivity contribution >= 4 is 45.8 Å². The molecule has 4 nitrogen and oxygen atoms in total. The normalized spacial score (nSPS) is 16.5. The molecule has 0 radical (unpaired) electrons. The van der Waals surface area contributed by atoms with Gasteiger partial charge in [-0.25, -0.2) is 4.98 Å². The lowest BCUT2D eigenvalue weighted by Gasteiger charge is -2.17. The van der Waals surface area contributed by atoms with E-state index in [-0.39, 0.29) is 11.8 Å². The van der Waals surface area contributed by atoms with Gasteiger partial charge in [0.15, 0.2) is 0 Å². The first-order valence-electron chi connectivity index (χ1n) is 9.84. The molecule has 1 saturated heterocycles. The van der Waals surface area contributed by atoms with Crippen LogP contribution in [0.15, 0.2) is 72.8 Å². The monoisotopic (exact) mass is 435 g/mol. The van der Waals surface area contributed by atoms with Crippen LogP contribution < -0.4 is 4.90 Å². The number of rotatable bonds is 4. The zero-order valence-electron chi connectivity index (χ0n) is 16.1. The Hall–Kier alpha value is -2.82. The van der Waals surface area contributed by atoms with Gasteiger partial charge < -0.3 is 9.47 Å². The molecule has 150 valence electrons. The van der Waals surface area contributed by atoms with E-state index in [1.807, 2.05) is 71.6 Å². The molecule has 6 heteroatoms. The van der Waals surface area contributed by atoms with E-state index in [2.05, 4.69) is 10.6 Å². The molecule has 1 atom stereocenters. The highest BCUT2D eigenvalue weighted by atomic mass is 35.5. The Morgan fingerprint density at radius 2 is 1.57 bits per heavy atom. The number of anilines is 1. The van der Waals surface area contributed by atoms with E-state index in [1.54, 1.807) is 0 Å². The van der Waals surface area contributed by atoms with E-state index < -0.39 is 0 Å². The van der Waals surface area contributed by atoms with E-state index >= 15 is 0 Å². The van der Waals surface area contributed by atoms with Crippen LogP contribution in [0.5, 0.6) is 0 Å². The maximum Gasteiger partial charge on any atom is 0.227 e. The lowest BCUT2D eigenvalue weighted by atomic mass is 10.1. The van der Waals surface area contributed by atoms with Gasteiger partial charge in [-0.2, -0.15) is 0 Å². The van der Waals surface area contributed by atoms with Gasteiger partial charge in [0, 0.05) is 41.2 Å². The third kappa shape index (κ3) is 3.57. The first-order chi connectivity index (χ1) is 14.6. The summed E-state index contributed by atoms with van der Waals surface area (Å²) in [6, 6.07) is 23.4. The molecule has 0 spiro atoms. The third-order valence-corrected chi connectivity index (χ3v) is 6.07.